The fraction of sp³-hybridized carbons (Fsp3) is 0.720. The van der Waals surface area contributed by atoms with Gasteiger partial charge in [-0.15, -0.1) is 0 Å². The molecule has 8 rings (SSSR count). The molecule has 0 aromatic heterocycles. The summed E-state index contributed by atoms with van der Waals surface area (Å²) in [4.78, 5) is 12.9. The summed E-state index contributed by atoms with van der Waals surface area (Å²) >= 11 is 0. The van der Waals surface area contributed by atoms with Crippen LogP contribution in [0.3, 0.4) is 0 Å². The monoisotopic (exact) mass is 508 g/mol. The summed E-state index contributed by atoms with van der Waals surface area (Å²) in [6, 6.07) is 8.62. The lowest BCUT2D eigenvalue weighted by molar-refractivity contribution is -0.429. The van der Waals surface area contributed by atoms with Crippen molar-refractivity contribution < 1.29 is 53.6 Å². The van der Waals surface area contributed by atoms with Crippen molar-refractivity contribution in [3.05, 3.63) is 35.9 Å². The highest BCUT2D eigenvalue weighted by Crippen LogP contribution is 2.82. The first-order valence-corrected chi connectivity index (χ1v) is 12.4. The first-order chi connectivity index (χ1) is 17.2. The molecule has 198 valence electrons. The predicted octanol–water partition coefficient (Wildman–Crippen LogP) is -0.313. The Morgan fingerprint density at radius 3 is 2.56 bits per heavy atom. The Bertz CT molecular complexity index is 1020. The van der Waals surface area contributed by atoms with E-state index in [4.69, 9.17) is 28.4 Å². The van der Waals surface area contributed by atoms with E-state index < -0.39 is 72.0 Å². The van der Waals surface area contributed by atoms with Gasteiger partial charge in [-0.05, 0) is 32.4 Å². The Labute approximate surface area is 207 Å². The molecule has 4 heterocycles. The summed E-state index contributed by atoms with van der Waals surface area (Å²) in [6.45, 7) is 3.51. The zero-order valence-electron chi connectivity index (χ0n) is 20.1. The van der Waals surface area contributed by atoms with Crippen LogP contribution >= 0.6 is 0 Å². The molecule has 1 aromatic carbocycles. The van der Waals surface area contributed by atoms with Gasteiger partial charge in [-0.3, -0.25) is 0 Å². The molecule has 11 atom stereocenters. The van der Waals surface area contributed by atoms with Crippen molar-refractivity contribution in [3.63, 3.8) is 0 Å². The fourth-order valence-corrected chi connectivity index (χ4v) is 7.27. The third-order valence-corrected chi connectivity index (χ3v) is 8.93. The summed E-state index contributed by atoms with van der Waals surface area (Å²) in [6.07, 6.45) is -7.21. The van der Waals surface area contributed by atoms with Crippen LogP contribution in [0.4, 0.5) is 0 Å². The normalized spacial score (nSPS) is 50.2. The van der Waals surface area contributed by atoms with Gasteiger partial charge in [-0.2, -0.15) is 0 Å². The molecule has 11 heteroatoms. The number of ether oxygens (including phenoxy) is 6. The smallest absolute Gasteiger partial charge is 0.338 e. The Morgan fingerprint density at radius 1 is 1.11 bits per heavy atom. The first-order valence-electron chi connectivity index (χ1n) is 12.4. The zero-order chi connectivity index (χ0) is 25.5. The number of esters is 1. The summed E-state index contributed by atoms with van der Waals surface area (Å²) in [7, 11) is 0. The van der Waals surface area contributed by atoms with E-state index in [1.807, 2.05) is 13.8 Å². The second-order valence-corrected chi connectivity index (χ2v) is 10.6. The van der Waals surface area contributed by atoms with Gasteiger partial charge in [-0.25, -0.2) is 4.79 Å². The van der Waals surface area contributed by atoms with E-state index in [0.717, 1.165) is 0 Å². The number of aliphatic hydroxyl groups excluding tert-OH is 4. The maximum absolute atomic E-state index is 12.9. The predicted molar refractivity (Wildman–Crippen MR) is 118 cm³/mol. The van der Waals surface area contributed by atoms with Crippen molar-refractivity contribution >= 4 is 5.97 Å². The Morgan fingerprint density at radius 2 is 1.86 bits per heavy atom. The molecule has 7 aliphatic rings. The lowest BCUT2D eigenvalue weighted by Gasteiger charge is -2.68. The molecule has 3 aliphatic carbocycles. The number of carbonyl (C=O) groups is 1. The minimum absolute atomic E-state index is 0.0854. The van der Waals surface area contributed by atoms with Crippen molar-refractivity contribution in [1.82, 2.24) is 0 Å². The highest BCUT2D eigenvalue weighted by molar-refractivity contribution is 5.89. The highest BCUT2D eigenvalue weighted by Gasteiger charge is 2.95. The van der Waals surface area contributed by atoms with Crippen LogP contribution in [0, 0.1) is 11.3 Å². The summed E-state index contributed by atoms with van der Waals surface area (Å²) in [5.41, 5.74) is -2.62. The van der Waals surface area contributed by atoms with E-state index in [1.165, 1.54) is 0 Å². The van der Waals surface area contributed by atoms with Crippen molar-refractivity contribution in [3.8, 4) is 0 Å². The Kier molecular flexibility index (Phi) is 5.59. The van der Waals surface area contributed by atoms with Crippen molar-refractivity contribution in [2.75, 3.05) is 19.8 Å². The van der Waals surface area contributed by atoms with Gasteiger partial charge in [-0.1, -0.05) is 18.2 Å². The second kappa shape index (κ2) is 8.16. The van der Waals surface area contributed by atoms with Crippen LogP contribution in [-0.2, 0) is 28.4 Å². The minimum atomic E-state index is -1.59. The van der Waals surface area contributed by atoms with Gasteiger partial charge < -0.3 is 48.8 Å². The van der Waals surface area contributed by atoms with Gasteiger partial charge in [0.15, 0.2) is 18.4 Å². The quantitative estimate of drug-likeness (QED) is 0.342. The largest absolute Gasteiger partial charge is 0.461 e. The molecule has 3 saturated carbocycles. The standard InChI is InChI=1S/C25H32O11/c1-3-32-24-11-22(2)25(34-20-18(29)17(28)16(27)14(10-26)33-20)9-15(24)23(25,21(35-22)36-24)12-31-19(30)13-7-5-4-6-8-13/h4-8,14-18,20-21,26-29H,3,9-12H2,1-2H3/t14?,15-,16-,17+,18?,20+,21?,22+,23?,24-,25+/m1/s1. The molecule has 4 N–H and O–H groups in total. The molecule has 4 saturated heterocycles. The average molecular weight is 509 g/mol. The molecule has 0 amide bonds. The van der Waals surface area contributed by atoms with Gasteiger partial charge in [0, 0.05) is 18.9 Å². The van der Waals surface area contributed by atoms with E-state index >= 15 is 0 Å². The number of aliphatic hydroxyl groups is 4. The molecule has 6 bridgehead atoms. The third kappa shape index (κ3) is 2.92. The topological polar surface area (TPSA) is 153 Å². The van der Waals surface area contributed by atoms with Crippen LogP contribution in [0.5, 0.6) is 0 Å². The summed E-state index contributed by atoms with van der Waals surface area (Å²) in [5, 5.41) is 40.8. The highest BCUT2D eigenvalue weighted by atomic mass is 16.8. The van der Waals surface area contributed by atoms with Crippen molar-refractivity contribution in [2.45, 2.75) is 80.7 Å². The molecule has 7 fully saturated rings. The molecule has 4 unspecified atom stereocenters. The number of hydrogen-bond acceptors (Lipinski definition) is 11. The lowest BCUT2D eigenvalue weighted by Crippen LogP contribution is -2.81. The maximum atomic E-state index is 12.9. The van der Waals surface area contributed by atoms with Crippen molar-refractivity contribution in [2.24, 2.45) is 11.3 Å². The van der Waals surface area contributed by atoms with Gasteiger partial charge >= 0.3 is 5.97 Å². The fourth-order valence-electron chi connectivity index (χ4n) is 7.27. The molecule has 36 heavy (non-hydrogen) atoms. The molecule has 11 nitrogen and oxygen atoms in total. The summed E-state index contributed by atoms with van der Waals surface area (Å²) in [5.74, 6) is -1.65. The number of benzene rings is 1. The van der Waals surface area contributed by atoms with Crippen molar-refractivity contribution in [1.29, 1.82) is 0 Å². The third-order valence-electron chi connectivity index (χ3n) is 8.93. The first kappa shape index (κ1) is 24.7. The van der Waals surface area contributed by atoms with E-state index in [9.17, 15) is 25.2 Å². The molecule has 4 aliphatic heterocycles. The SMILES string of the molecule is CCO[C@]12C[C@]3(C)OC(O1)C1(COC(=O)c4ccccc4)[C@H]2C[C@@]13O[C@@H]1OC(CO)[C@@H](O)[C@H](O)C1O. The number of hydrogen-bond donors (Lipinski definition) is 4. The van der Waals surface area contributed by atoms with Crippen LogP contribution in [0.1, 0.15) is 37.0 Å². The minimum Gasteiger partial charge on any atom is -0.461 e. The van der Waals surface area contributed by atoms with Crippen LogP contribution in [0.15, 0.2) is 30.3 Å². The molecular weight excluding hydrogens is 476 g/mol. The van der Waals surface area contributed by atoms with Crippen LogP contribution in [0.2, 0.25) is 0 Å². The van der Waals surface area contributed by atoms with Gasteiger partial charge in [0.1, 0.15) is 42.2 Å². The lowest BCUT2D eigenvalue weighted by atomic mass is 9.41. The Hall–Kier alpha value is -1.67. The molecular formula is C25H32O11. The van der Waals surface area contributed by atoms with Crippen LogP contribution in [-0.4, -0.2) is 100 Å². The van der Waals surface area contributed by atoms with Crippen LogP contribution < -0.4 is 0 Å². The van der Waals surface area contributed by atoms with E-state index in [0.29, 0.717) is 25.0 Å². The maximum Gasteiger partial charge on any atom is 0.338 e. The van der Waals surface area contributed by atoms with Gasteiger partial charge in [0.05, 0.1) is 17.6 Å². The molecule has 0 radical (unpaired) electrons. The Balaban J connectivity index is 1.34. The van der Waals surface area contributed by atoms with Crippen LogP contribution in [0.25, 0.3) is 0 Å². The zero-order valence-corrected chi connectivity index (χ0v) is 20.1. The second-order valence-electron chi connectivity index (χ2n) is 10.6. The van der Waals surface area contributed by atoms with E-state index in [-0.39, 0.29) is 12.5 Å². The number of carbonyl (C=O) groups excluding carboxylic acids is 1. The average Bonchev–Trinajstić information content (AvgIpc) is 3.06. The summed E-state index contributed by atoms with van der Waals surface area (Å²) < 4.78 is 36.8. The molecule has 1 aromatic rings. The van der Waals surface area contributed by atoms with Gasteiger partial charge in [0.25, 0.3) is 0 Å². The van der Waals surface area contributed by atoms with E-state index in [2.05, 4.69) is 0 Å². The molecule has 0 spiro atoms. The van der Waals surface area contributed by atoms with Gasteiger partial charge in [0.2, 0.25) is 0 Å². The van der Waals surface area contributed by atoms with E-state index in [1.54, 1.807) is 30.3 Å². The number of rotatable bonds is 8.